The van der Waals surface area contributed by atoms with E-state index in [1.54, 1.807) is 0 Å². The zero-order valence-electron chi connectivity index (χ0n) is 11.5. The fourth-order valence-corrected chi connectivity index (χ4v) is 2.62. The molecule has 2 unspecified atom stereocenters. The van der Waals surface area contributed by atoms with Crippen molar-refractivity contribution in [1.29, 1.82) is 0 Å². The lowest BCUT2D eigenvalue weighted by molar-refractivity contribution is -0.159. The Balaban J connectivity index is 2.93. The highest BCUT2D eigenvalue weighted by Gasteiger charge is 2.45. The fourth-order valence-electron chi connectivity index (χ4n) is 2.62. The summed E-state index contributed by atoms with van der Waals surface area (Å²) in [7, 11) is 0. The molecule has 4 N–H and O–H groups in total. The highest BCUT2D eigenvalue weighted by Crippen LogP contribution is 2.35. The Hall–Kier alpha value is -1.79. The number of aliphatic carboxylic acids is 1. The SMILES string of the molecule is CC(NC(N)=O)C(=O)N1CCCC(C)(C)C1C(=O)O. The zero-order chi connectivity index (χ0) is 14.8. The smallest absolute Gasteiger partial charge is 0.326 e. The van der Waals surface area contributed by atoms with Crippen LogP contribution in [0.1, 0.15) is 33.6 Å². The van der Waals surface area contributed by atoms with Crippen molar-refractivity contribution in [3.8, 4) is 0 Å². The average Bonchev–Trinajstić information content (AvgIpc) is 2.24. The van der Waals surface area contributed by atoms with Crippen LogP contribution in [0.2, 0.25) is 0 Å². The molecule has 0 aromatic heterocycles. The Morgan fingerprint density at radius 1 is 1.42 bits per heavy atom. The monoisotopic (exact) mass is 271 g/mol. The Morgan fingerprint density at radius 2 is 2.00 bits per heavy atom. The van der Waals surface area contributed by atoms with Gasteiger partial charge in [-0.2, -0.15) is 0 Å². The summed E-state index contributed by atoms with van der Waals surface area (Å²) in [4.78, 5) is 35.7. The van der Waals surface area contributed by atoms with E-state index in [1.807, 2.05) is 13.8 Å². The number of rotatable bonds is 3. The van der Waals surface area contributed by atoms with Crippen molar-refractivity contribution in [2.75, 3.05) is 6.54 Å². The van der Waals surface area contributed by atoms with Crippen LogP contribution < -0.4 is 11.1 Å². The van der Waals surface area contributed by atoms with Crippen molar-refractivity contribution in [3.05, 3.63) is 0 Å². The van der Waals surface area contributed by atoms with Gasteiger partial charge < -0.3 is 21.1 Å². The summed E-state index contributed by atoms with van der Waals surface area (Å²) >= 11 is 0. The lowest BCUT2D eigenvalue weighted by atomic mass is 9.76. The predicted octanol–water partition coefficient (Wildman–Crippen LogP) is 0.145. The molecule has 1 rings (SSSR count). The number of carbonyl (C=O) groups excluding carboxylic acids is 2. The number of primary amides is 1. The minimum atomic E-state index is -1.02. The third kappa shape index (κ3) is 3.36. The van der Waals surface area contributed by atoms with E-state index in [1.165, 1.54) is 11.8 Å². The maximum atomic E-state index is 12.2. The molecular formula is C12H21N3O4. The molecule has 1 fully saturated rings. The third-order valence-corrected chi connectivity index (χ3v) is 3.52. The standard InChI is InChI=1S/C12H21N3O4/c1-7(14-11(13)19)9(16)15-6-4-5-12(2,3)8(15)10(17)18/h7-8H,4-6H2,1-3H3,(H,17,18)(H3,13,14,19). The van der Waals surface area contributed by atoms with E-state index in [0.29, 0.717) is 6.54 Å². The number of carboxylic acids is 1. The number of carboxylic acid groups (broad SMARTS) is 1. The summed E-state index contributed by atoms with van der Waals surface area (Å²) in [5.74, 6) is -1.44. The van der Waals surface area contributed by atoms with Gasteiger partial charge in [-0.05, 0) is 25.2 Å². The lowest BCUT2D eigenvalue weighted by Crippen LogP contribution is -2.60. The van der Waals surface area contributed by atoms with Crippen LogP contribution in [0.3, 0.4) is 0 Å². The number of piperidine rings is 1. The first kappa shape index (κ1) is 15.3. The average molecular weight is 271 g/mol. The Kier molecular flexibility index (Phi) is 4.39. The van der Waals surface area contributed by atoms with Gasteiger partial charge in [-0.1, -0.05) is 13.8 Å². The maximum Gasteiger partial charge on any atom is 0.326 e. The summed E-state index contributed by atoms with van der Waals surface area (Å²) in [6.07, 6.45) is 1.48. The number of nitrogens with zero attached hydrogens (tertiary/aromatic N) is 1. The van der Waals surface area contributed by atoms with E-state index in [4.69, 9.17) is 5.73 Å². The second-order valence-corrected chi connectivity index (χ2v) is 5.59. The molecule has 1 saturated heterocycles. The summed E-state index contributed by atoms with van der Waals surface area (Å²) in [6.45, 7) is 5.53. The Bertz CT molecular complexity index is 394. The minimum Gasteiger partial charge on any atom is -0.480 e. The molecule has 1 heterocycles. The number of hydrogen-bond donors (Lipinski definition) is 3. The van der Waals surface area contributed by atoms with E-state index in [2.05, 4.69) is 5.32 Å². The topological polar surface area (TPSA) is 113 Å². The highest BCUT2D eigenvalue weighted by molar-refractivity contribution is 5.90. The lowest BCUT2D eigenvalue weighted by Gasteiger charge is -2.44. The van der Waals surface area contributed by atoms with Gasteiger partial charge in [0.05, 0.1) is 0 Å². The van der Waals surface area contributed by atoms with Gasteiger partial charge in [-0.3, -0.25) is 4.79 Å². The number of amides is 3. The van der Waals surface area contributed by atoms with Gasteiger partial charge in [-0.15, -0.1) is 0 Å². The van der Waals surface area contributed by atoms with Crippen molar-refractivity contribution < 1.29 is 19.5 Å². The van der Waals surface area contributed by atoms with Gasteiger partial charge in [0.25, 0.3) is 0 Å². The van der Waals surface area contributed by atoms with Crippen molar-refractivity contribution in [2.45, 2.75) is 45.7 Å². The molecule has 0 aliphatic carbocycles. The van der Waals surface area contributed by atoms with Gasteiger partial charge in [0.2, 0.25) is 5.91 Å². The summed E-state index contributed by atoms with van der Waals surface area (Å²) in [5.41, 5.74) is 4.48. The number of likely N-dealkylation sites (tertiary alicyclic amines) is 1. The van der Waals surface area contributed by atoms with Gasteiger partial charge in [0.1, 0.15) is 12.1 Å². The fraction of sp³-hybridized carbons (Fsp3) is 0.750. The number of nitrogens with two attached hydrogens (primary N) is 1. The van der Waals surface area contributed by atoms with Crippen molar-refractivity contribution in [2.24, 2.45) is 11.1 Å². The molecular weight excluding hydrogens is 250 g/mol. The van der Waals surface area contributed by atoms with E-state index in [0.717, 1.165) is 12.8 Å². The van der Waals surface area contributed by atoms with E-state index >= 15 is 0 Å². The molecule has 7 heteroatoms. The summed E-state index contributed by atoms with van der Waals surface area (Å²) < 4.78 is 0. The van der Waals surface area contributed by atoms with E-state index < -0.39 is 35.4 Å². The molecule has 0 radical (unpaired) electrons. The van der Waals surface area contributed by atoms with Crippen LogP contribution in [0, 0.1) is 5.41 Å². The Labute approximate surface area is 112 Å². The molecule has 1 aliphatic heterocycles. The normalized spacial score (nSPS) is 23.5. The van der Waals surface area contributed by atoms with Crippen LogP contribution in [0.5, 0.6) is 0 Å². The van der Waals surface area contributed by atoms with Gasteiger partial charge in [0.15, 0.2) is 0 Å². The van der Waals surface area contributed by atoms with Crippen molar-refractivity contribution in [1.82, 2.24) is 10.2 Å². The molecule has 0 saturated carbocycles. The van der Waals surface area contributed by atoms with Crippen molar-refractivity contribution >= 4 is 17.9 Å². The van der Waals surface area contributed by atoms with Crippen molar-refractivity contribution in [3.63, 3.8) is 0 Å². The van der Waals surface area contributed by atoms with E-state index in [9.17, 15) is 19.5 Å². The van der Waals surface area contributed by atoms with Gasteiger partial charge >= 0.3 is 12.0 Å². The molecule has 7 nitrogen and oxygen atoms in total. The van der Waals surface area contributed by atoms with Crippen LogP contribution in [-0.4, -0.2) is 46.5 Å². The second kappa shape index (κ2) is 5.46. The number of carbonyl (C=O) groups is 3. The molecule has 0 bridgehead atoms. The molecule has 0 spiro atoms. The van der Waals surface area contributed by atoms with Gasteiger partial charge in [-0.25, -0.2) is 9.59 Å². The first-order chi connectivity index (χ1) is 8.66. The maximum absolute atomic E-state index is 12.2. The molecule has 3 amide bonds. The van der Waals surface area contributed by atoms with Crippen LogP contribution in [0.15, 0.2) is 0 Å². The second-order valence-electron chi connectivity index (χ2n) is 5.59. The molecule has 0 aromatic carbocycles. The van der Waals surface area contributed by atoms with Gasteiger partial charge in [0, 0.05) is 6.54 Å². The Morgan fingerprint density at radius 3 is 2.47 bits per heavy atom. The number of hydrogen-bond acceptors (Lipinski definition) is 3. The van der Waals surface area contributed by atoms with Crippen LogP contribution >= 0.6 is 0 Å². The van der Waals surface area contributed by atoms with Crippen LogP contribution in [0.4, 0.5) is 4.79 Å². The molecule has 108 valence electrons. The largest absolute Gasteiger partial charge is 0.480 e. The molecule has 19 heavy (non-hydrogen) atoms. The summed E-state index contributed by atoms with van der Waals surface area (Å²) in [6, 6.07) is -2.51. The minimum absolute atomic E-state index is 0.379. The first-order valence-corrected chi connectivity index (χ1v) is 6.26. The highest BCUT2D eigenvalue weighted by atomic mass is 16.4. The van der Waals surface area contributed by atoms with Crippen LogP contribution in [-0.2, 0) is 9.59 Å². The number of nitrogens with one attached hydrogen (secondary N) is 1. The zero-order valence-corrected chi connectivity index (χ0v) is 11.5. The van der Waals surface area contributed by atoms with E-state index in [-0.39, 0.29) is 0 Å². The first-order valence-electron chi connectivity index (χ1n) is 6.26. The molecule has 2 atom stereocenters. The number of urea groups is 1. The summed E-state index contributed by atoms with van der Waals surface area (Å²) in [5, 5.41) is 11.6. The third-order valence-electron chi connectivity index (χ3n) is 3.52. The quantitative estimate of drug-likeness (QED) is 0.677. The predicted molar refractivity (Wildman–Crippen MR) is 68.3 cm³/mol. The molecule has 1 aliphatic rings. The van der Waals surface area contributed by atoms with Crippen LogP contribution in [0.25, 0.3) is 0 Å². The molecule has 0 aromatic rings.